The van der Waals surface area contributed by atoms with Gasteiger partial charge in [0.25, 0.3) is 0 Å². The van der Waals surface area contributed by atoms with Crippen molar-refractivity contribution in [3.05, 3.63) is 0 Å². The Hall–Kier alpha value is -0.610. The number of carbonyl (C=O) groups is 1. The van der Waals surface area contributed by atoms with Crippen LogP contribution in [-0.2, 0) is 9.53 Å². The number of nitrogens with one attached hydrogen (secondary N) is 1. The molecule has 3 N–H and O–H groups in total. The topological polar surface area (TPSA) is 64.4 Å². The third kappa shape index (κ3) is 5.14. The van der Waals surface area contributed by atoms with E-state index < -0.39 is 5.41 Å². The standard InChI is InChI=1S/C11H24N2O2/c1-5-11(4,8-12)10(14)13-6-7-15-9(2)3/h9H,5-8,12H2,1-4H3,(H,13,14). The van der Waals surface area contributed by atoms with Crippen LogP contribution < -0.4 is 11.1 Å². The van der Waals surface area contributed by atoms with Crippen LogP contribution >= 0.6 is 0 Å². The van der Waals surface area contributed by atoms with Gasteiger partial charge in [-0.3, -0.25) is 4.79 Å². The van der Waals surface area contributed by atoms with Gasteiger partial charge in [-0.2, -0.15) is 0 Å². The highest BCUT2D eigenvalue weighted by molar-refractivity contribution is 5.82. The first-order valence-corrected chi connectivity index (χ1v) is 5.56. The van der Waals surface area contributed by atoms with Crippen molar-refractivity contribution in [3.63, 3.8) is 0 Å². The van der Waals surface area contributed by atoms with E-state index in [0.717, 1.165) is 6.42 Å². The summed E-state index contributed by atoms with van der Waals surface area (Å²) < 4.78 is 5.33. The Kier molecular flexibility index (Phi) is 6.52. The molecule has 4 nitrogen and oxygen atoms in total. The zero-order valence-electron chi connectivity index (χ0n) is 10.3. The minimum atomic E-state index is -0.447. The SMILES string of the molecule is CCC(C)(CN)C(=O)NCCOC(C)C. The Bertz CT molecular complexity index is 189. The van der Waals surface area contributed by atoms with Crippen LogP contribution in [0.5, 0.6) is 0 Å². The van der Waals surface area contributed by atoms with Crippen LogP contribution in [0, 0.1) is 5.41 Å². The Balaban J connectivity index is 3.82. The monoisotopic (exact) mass is 216 g/mol. The first-order chi connectivity index (χ1) is 6.96. The predicted molar refractivity (Wildman–Crippen MR) is 61.6 cm³/mol. The lowest BCUT2D eigenvalue weighted by atomic mass is 9.87. The molecule has 0 aliphatic rings. The van der Waals surface area contributed by atoms with Crippen LogP contribution in [0.25, 0.3) is 0 Å². The molecular formula is C11H24N2O2. The molecule has 0 aliphatic heterocycles. The number of ether oxygens (including phenoxy) is 1. The first kappa shape index (κ1) is 14.4. The Labute approximate surface area is 92.6 Å². The van der Waals surface area contributed by atoms with Crippen LogP contribution in [0.1, 0.15) is 34.1 Å². The molecule has 0 saturated heterocycles. The first-order valence-electron chi connectivity index (χ1n) is 5.56. The molecule has 0 aromatic heterocycles. The van der Waals surface area contributed by atoms with Gasteiger partial charge in [0, 0.05) is 13.1 Å². The van der Waals surface area contributed by atoms with Gasteiger partial charge < -0.3 is 15.8 Å². The molecule has 0 aliphatic carbocycles. The van der Waals surface area contributed by atoms with E-state index in [4.69, 9.17) is 10.5 Å². The van der Waals surface area contributed by atoms with E-state index in [2.05, 4.69) is 5.32 Å². The van der Waals surface area contributed by atoms with Crippen molar-refractivity contribution >= 4 is 5.91 Å². The Morgan fingerprint density at radius 2 is 2.13 bits per heavy atom. The molecule has 0 spiro atoms. The van der Waals surface area contributed by atoms with Crippen molar-refractivity contribution in [1.29, 1.82) is 0 Å². The molecule has 1 atom stereocenters. The van der Waals surface area contributed by atoms with Gasteiger partial charge in [0.2, 0.25) is 5.91 Å². The summed E-state index contributed by atoms with van der Waals surface area (Å²) in [6.07, 6.45) is 0.953. The van der Waals surface area contributed by atoms with Crippen molar-refractivity contribution in [2.75, 3.05) is 19.7 Å². The molecule has 1 unspecified atom stereocenters. The second-order valence-corrected chi connectivity index (χ2v) is 4.29. The lowest BCUT2D eigenvalue weighted by Gasteiger charge is -2.25. The Morgan fingerprint density at radius 1 is 1.53 bits per heavy atom. The van der Waals surface area contributed by atoms with Gasteiger partial charge in [-0.15, -0.1) is 0 Å². The highest BCUT2D eigenvalue weighted by Gasteiger charge is 2.28. The lowest BCUT2D eigenvalue weighted by molar-refractivity contribution is -0.130. The third-order valence-electron chi connectivity index (χ3n) is 2.62. The number of carbonyl (C=O) groups excluding carboxylic acids is 1. The van der Waals surface area contributed by atoms with E-state index in [-0.39, 0.29) is 12.0 Å². The highest BCUT2D eigenvalue weighted by atomic mass is 16.5. The molecule has 90 valence electrons. The fourth-order valence-corrected chi connectivity index (χ4v) is 1.07. The summed E-state index contributed by atoms with van der Waals surface area (Å²) in [5.74, 6) is 0.0138. The van der Waals surface area contributed by atoms with Crippen LogP contribution in [0.2, 0.25) is 0 Å². The van der Waals surface area contributed by atoms with E-state index in [1.165, 1.54) is 0 Å². The van der Waals surface area contributed by atoms with Crippen molar-refractivity contribution in [1.82, 2.24) is 5.32 Å². The smallest absolute Gasteiger partial charge is 0.227 e. The van der Waals surface area contributed by atoms with E-state index in [1.807, 2.05) is 27.7 Å². The third-order valence-corrected chi connectivity index (χ3v) is 2.62. The highest BCUT2D eigenvalue weighted by Crippen LogP contribution is 2.18. The van der Waals surface area contributed by atoms with Crippen LogP contribution in [-0.4, -0.2) is 31.7 Å². The number of hydrogen-bond donors (Lipinski definition) is 2. The van der Waals surface area contributed by atoms with Gasteiger partial charge in [-0.05, 0) is 27.2 Å². The number of nitrogens with two attached hydrogens (primary N) is 1. The zero-order valence-corrected chi connectivity index (χ0v) is 10.3. The van der Waals surface area contributed by atoms with Gasteiger partial charge in [-0.25, -0.2) is 0 Å². The van der Waals surface area contributed by atoms with Gasteiger partial charge in [0.1, 0.15) is 0 Å². The molecule has 0 fully saturated rings. The zero-order chi connectivity index (χ0) is 11.9. The summed E-state index contributed by atoms with van der Waals surface area (Å²) in [7, 11) is 0. The fraction of sp³-hybridized carbons (Fsp3) is 0.909. The van der Waals surface area contributed by atoms with E-state index in [1.54, 1.807) is 0 Å². The molecule has 0 aromatic rings. The summed E-state index contributed by atoms with van der Waals surface area (Å²) >= 11 is 0. The normalized spacial score (nSPS) is 15.1. The van der Waals surface area contributed by atoms with Gasteiger partial charge in [0.15, 0.2) is 0 Å². The van der Waals surface area contributed by atoms with Gasteiger partial charge >= 0.3 is 0 Å². The molecule has 4 heteroatoms. The summed E-state index contributed by atoms with van der Waals surface area (Å²) in [6, 6.07) is 0. The molecule has 0 radical (unpaired) electrons. The summed E-state index contributed by atoms with van der Waals surface area (Å²) in [5, 5.41) is 2.84. The second kappa shape index (κ2) is 6.80. The average molecular weight is 216 g/mol. The van der Waals surface area contributed by atoms with Crippen molar-refractivity contribution in [2.45, 2.75) is 40.2 Å². The molecule has 0 heterocycles. The maximum absolute atomic E-state index is 11.7. The molecule has 0 saturated carbocycles. The number of hydrogen-bond acceptors (Lipinski definition) is 3. The fourth-order valence-electron chi connectivity index (χ4n) is 1.07. The Morgan fingerprint density at radius 3 is 2.53 bits per heavy atom. The quantitative estimate of drug-likeness (QED) is 0.622. The van der Waals surface area contributed by atoms with E-state index >= 15 is 0 Å². The molecule has 0 aromatic carbocycles. The van der Waals surface area contributed by atoms with Gasteiger partial charge in [-0.1, -0.05) is 6.92 Å². The van der Waals surface area contributed by atoms with E-state index in [0.29, 0.717) is 19.7 Å². The van der Waals surface area contributed by atoms with Crippen LogP contribution in [0.15, 0.2) is 0 Å². The second-order valence-electron chi connectivity index (χ2n) is 4.29. The maximum Gasteiger partial charge on any atom is 0.227 e. The predicted octanol–water partition coefficient (Wildman–Crippen LogP) is 0.903. The van der Waals surface area contributed by atoms with E-state index in [9.17, 15) is 4.79 Å². The summed E-state index contributed by atoms with van der Waals surface area (Å²) in [6.45, 7) is 9.26. The molecular weight excluding hydrogens is 192 g/mol. The summed E-state index contributed by atoms with van der Waals surface area (Å²) in [5.41, 5.74) is 5.13. The molecule has 0 rings (SSSR count). The van der Waals surface area contributed by atoms with Crippen molar-refractivity contribution in [3.8, 4) is 0 Å². The molecule has 15 heavy (non-hydrogen) atoms. The largest absolute Gasteiger partial charge is 0.377 e. The minimum absolute atomic E-state index is 0.0138. The van der Waals surface area contributed by atoms with Crippen LogP contribution in [0.3, 0.4) is 0 Å². The van der Waals surface area contributed by atoms with Crippen molar-refractivity contribution < 1.29 is 9.53 Å². The molecule has 0 bridgehead atoms. The number of rotatable bonds is 7. The van der Waals surface area contributed by atoms with Crippen LogP contribution in [0.4, 0.5) is 0 Å². The summed E-state index contributed by atoms with van der Waals surface area (Å²) in [4.78, 5) is 11.7. The lowest BCUT2D eigenvalue weighted by Crippen LogP contribution is -2.44. The van der Waals surface area contributed by atoms with Gasteiger partial charge in [0.05, 0.1) is 18.1 Å². The average Bonchev–Trinajstić information content (AvgIpc) is 2.22. The molecule has 1 amide bonds. The maximum atomic E-state index is 11.7. The van der Waals surface area contributed by atoms with Crippen molar-refractivity contribution in [2.24, 2.45) is 11.1 Å². The number of amides is 1. The minimum Gasteiger partial charge on any atom is -0.377 e.